The van der Waals surface area contributed by atoms with Crippen molar-refractivity contribution in [2.45, 2.75) is 24.2 Å². The predicted molar refractivity (Wildman–Crippen MR) is 59.7 cm³/mol. The van der Waals surface area contributed by atoms with Crippen LogP contribution in [0, 0.1) is 6.92 Å². The quantitative estimate of drug-likeness (QED) is 0.828. The summed E-state index contributed by atoms with van der Waals surface area (Å²) >= 11 is -2.60. The van der Waals surface area contributed by atoms with Crippen LogP contribution in [-0.2, 0) is 25.4 Å². The third-order valence-corrected chi connectivity index (χ3v) is 4.48. The van der Waals surface area contributed by atoms with Crippen LogP contribution in [0.25, 0.3) is 0 Å². The normalized spacial score (nSPS) is 15.7. The van der Waals surface area contributed by atoms with E-state index in [1.165, 1.54) is 19.1 Å². The lowest BCUT2D eigenvalue weighted by Gasteiger charge is -2.10. The van der Waals surface area contributed by atoms with Crippen molar-refractivity contribution in [2.75, 3.05) is 0 Å². The summed E-state index contributed by atoms with van der Waals surface area (Å²) in [5.74, 6) is 0. The first-order valence-corrected chi connectivity index (χ1v) is 7.00. The van der Waals surface area contributed by atoms with Gasteiger partial charge in [0.05, 0.1) is 4.90 Å². The molecule has 2 unspecified atom stereocenters. The van der Waals surface area contributed by atoms with Crippen LogP contribution in [-0.4, -0.2) is 22.6 Å². The van der Waals surface area contributed by atoms with E-state index in [4.69, 9.17) is 4.55 Å². The van der Waals surface area contributed by atoms with E-state index in [1.54, 1.807) is 12.1 Å². The molecule has 0 aliphatic heterocycles. The lowest BCUT2D eigenvalue weighted by molar-refractivity contribution is 0.285. The van der Waals surface area contributed by atoms with Crippen LogP contribution in [0.4, 0.5) is 0 Å². The second-order valence-corrected chi connectivity index (χ2v) is 6.09. The smallest absolute Gasteiger partial charge is 0.284 e. The molecular formula is C9H12O5S2. The Labute approximate surface area is 96.9 Å². The van der Waals surface area contributed by atoms with Gasteiger partial charge in [-0.25, -0.2) is 12.6 Å². The van der Waals surface area contributed by atoms with Gasteiger partial charge < -0.3 is 0 Å². The lowest BCUT2D eigenvalue weighted by Crippen LogP contribution is -2.22. The van der Waals surface area contributed by atoms with Gasteiger partial charge in [0.2, 0.25) is 9.84 Å². The Hall–Kier alpha value is -0.760. The molecule has 0 spiro atoms. The maximum Gasteiger partial charge on any atom is 0.303 e. The number of sulfone groups is 1. The highest BCUT2D eigenvalue weighted by molar-refractivity contribution is 7.92. The summed E-state index contributed by atoms with van der Waals surface area (Å²) in [4.78, 5) is 0.0658. The van der Waals surface area contributed by atoms with Gasteiger partial charge in [0.25, 0.3) is 0 Å². The van der Waals surface area contributed by atoms with Crippen molar-refractivity contribution in [3.63, 3.8) is 0 Å². The topological polar surface area (TPSA) is 80.7 Å². The molecule has 5 nitrogen and oxygen atoms in total. The SMILES string of the molecule is Cc1ccc(S(=O)(=O)C(C)OS(=O)O)cc1. The number of rotatable bonds is 4. The van der Waals surface area contributed by atoms with Gasteiger partial charge in [-0.2, -0.15) is 4.21 Å². The van der Waals surface area contributed by atoms with E-state index < -0.39 is 26.6 Å². The van der Waals surface area contributed by atoms with E-state index in [1.807, 2.05) is 6.92 Å². The highest BCUT2D eigenvalue weighted by atomic mass is 32.2. The molecule has 1 aromatic rings. The average Bonchev–Trinajstić information content (AvgIpc) is 2.17. The van der Waals surface area contributed by atoms with Crippen molar-refractivity contribution in [3.8, 4) is 0 Å². The molecule has 0 aliphatic rings. The molecule has 0 radical (unpaired) electrons. The first-order valence-electron chi connectivity index (χ1n) is 4.42. The van der Waals surface area contributed by atoms with Crippen molar-refractivity contribution in [1.29, 1.82) is 0 Å². The van der Waals surface area contributed by atoms with Gasteiger partial charge in [-0.05, 0) is 26.0 Å². The Balaban J connectivity index is 3.02. The monoisotopic (exact) mass is 264 g/mol. The molecule has 1 rings (SSSR count). The summed E-state index contributed by atoms with van der Waals surface area (Å²) in [7, 11) is -3.73. The molecule has 2 atom stereocenters. The zero-order chi connectivity index (χ0) is 12.3. The molecule has 7 heteroatoms. The Morgan fingerprint density at radius 1 is 1.31 bits per heavy atom. The first-order chi connectivity index (χ1) is 7.34. The molecule has 0 bridgehead atoms. The molecule has 0 saturated heterocycles. The average molecular weight is 264 g/mol. The van der Waals surface area contributed by atoms with Crippen molar-refractivity contribution in [2.24, 2.45) is 0 Å². The Morgan fingerprint density at radius 2 is 1.81 bits per heavy atom. The van der Waals surface area contributed by atoms with Crippen molar-refractivity contribution >= 4 is 21.2 Å². The van der Waals surface area contributed by atoms with Gasteiger partial charge in [0.1, 0.15) is 0 Å². The maximum absolute atomic E-state index is 11.8. The second-order valence-electron chi connectivity index (χ2n) is 3.24. The number of hydrogen-bond donors (Lipinski definition) is 1. The fraction of sp³-hybridized carbons (Fsp3) is 0.333. The van der Waals surface area contributed by atoms with E-state index >= 15 is 0 Å². The minimum atomic E-state index is -3.73. The first kappa shape index (κ1) is 13.3. The number of aryl methyl sites for hydroxylation is 1. The summed E-state index contributed by atoms with van der Waals surface area (Å²) in [5.41, 5.74) is -0.431. The maximum atomic E-state index is 11.8. The van der Waals surface area contributed by atoms with Crippen molar-refractivity contribution in [1.82, 2.24) is 0 Å². The zero-order valence-corrected chi connectivity index (χ0v) is 10.4. The summed E-state index contributed by atoms with van der Waals surface area (Å²) in [5, 5.41) is 0. The summed E-state index contributed by atoms with van der Waals surface area (Å²) in [6.45, 7) is 3.04. The Bertz CT molecular complexity index is 477. The van der Waals surface area contributed by atoms with Gasteiger partial charge in [-0.15, -0.1) is 0 Å². The van der Waals surface area contributed by atoms with Crippen LogP contribution in [0.1, 0.15) is 12.5 Å². The van der Waals surface area contributed by atoms with Crippen molar-refractivity contribution in [3.05, 3.63) is 29.8 Å². The zero-order valence-electron chi connectivity index (χ0n) is 8.78. The Kier molecular flexibility index (Phi) is 4.20. The molecule has 0 aromatic heterocycles. The standard InChI is InChI=1S/C9H12O5S2/c1-7-3-5-9(6-4-7)16(12,13)8(2)14-15(10)11/h3-6,8H,1-2H3,(H,10,11). The molecule has 0 saturated carbocycles. The summed E-state index contributed by atoms with van der Waals surface area (Å²) in [6, 6.07) is 6.17. The summed E-state index contributed by atoms with van der Waals surface area (Å²) < 4.78 is 46.8. The minimum Gasteiger partial charge on any atom is -0.284 e. The second kappa shape index (κ2) is 5.05. The molecule has 0 heterocycles. The fourth-order valence-corrected chi connectivity index (χ4v) is 2.83. The molecule has 0 aliphatic carbocycles. The van der Waals surface area contributed by atoms with E-state index in [0.717, 1.165) is 5.56 Å². The van der Waals surface area contributed by atoms with Crippen LogP contribution < -0.4 is 0 Å². The van der Waals surface area contributed by atoms with E-state index in [9.17, 15) is 12.6 Å². The highest BCUT2D eigenvalue weighted by Gasteiger charge is 2.25. The molecule has 90 valence electrons. The Morgan fingerprint density at radius 3 is 2.25 bits per heavy atom. The minimum absolute atomic E-state index is 0.0658. The third kappa shape index (κ3) is 3.11. The molecule has 1 aromatic carbocycles. The third-order valence-electron chi connectivity index (χ3n) is 2.00. The van der Waals surface area contributed by atoms with Gasteiger partial charge in [0.15, 0.2) is 5.44 Å². The van der Waals surface area contributed by atoms with Crippen LogP contribution >= 0.6 is 0 Å². The summed E-state index contributed by atoms with van der Waals surface area (Å²) in [6.07, 6.45) is 0. The van der Waals surface area contributed by atoms with Gasteiger partial charge in [-0.3, -0.25) is 4.55 Å². The van der Waals surface area contributed by atoms with Gasteiger partial charge >= 0.3 is 11.4 Å². The van der Waals surface area contributed by atoms with E-state index in [0.29, 0.717) is 0 Å². The van der Waals surface area contributed by atoms with Crippen LogP contribution in [0.5, 0.6) is 0 Å². The lowest BCUT2D eigenvalue weighted by atomic mass is 10.2. The van der Waals surface area contributed by atoms with Crippen LogP contribution in [0.15, 0.2) is 29.2 Å². The van der Waals surface area contributed by atoms with Crippen LogP contribution in [0.3, 0.4) is 0 Å². The van der Waals surface area contributed by atoms with E-state index in [2.05, 4.69) is 4.18 Å². The number of hydrogen-bond acceptors (Lipinski definition) is 4. The molecule has 16 heavy (non-hydrogen) atoms. The largest absolute Gasteiger partial charge is 0.303 e. The molecule has 1 N–H and O–H groups in total. The van der Waals surface area contributed by atoms with Gasteiger partial charge in [0, 0.05) is 0 Å². The molecule has 0 amide bonds. The van der Waals surface area contributed by atoms with Gasteiger partial charge in [-0.1, -0.05) is 17.7 Å². The predicted octanol–water partition coefficient (Wildman–Crippen LogP) is 1.27. The highest BCUT2D eigenvalue weighted by Crippen LogP contribution is 2.17. The molecular weight excluding hydrogens is 252 g/mol. The van der Waals surface area contributed by atoms with Crippen LogP contribution in [0.2, 0.25) is 0 Å². The molecule has 0 fully saturated rings. The van der Waals surface area contributed by atoms with Crippen molar-refractivity contribution < 1.29 is 21.4 Å². The van der Waals surface area contributed by atoms with E-state index in [-0.39, 0.29) is 4.90 Å². The fourth-order valence-electron chi connectivity index (χ4n) is 1.09. The number of benzene rings is 1.